The van der Waals surface area contributed by atoms with Crippen LogP contribution in [-0.2, 0) is 4.79 Å². The second-order valence-corrected chi connectivity index (χ2v) is 5.81. The van der Waals surface area contributed by atoms with E-state index in [1.165, 1.54) is 5.06 Å². The number of carbonyl (C=O) groups is 1. The van der Waals surface area contributed by atoms with Crippen molar-refractivity contribution in [3.05, 3.63) is 0 Å². The quantitative estimate of drug-likeness (QED) is 0.643. The Morgan fingerprint density at radius 2 is 1.81 bits per heavy atom. The van der Waals surface area contributed by atoms with E-state index in [-0.39, 0.29) is 29.6 Å². The third-order valence-electron chi connectivity index (χ3n) is 3.19. The number of hydroxylamine groups is 2. The molecular formula is C11H23N3O2. The van der Waals surface area contributed by atoms with Crippen molar-refractivity contribution >= 4 is 5.91 Å². The zero-order valence-corrected chi connectivity index (χ0v) is 10.6. The first-order valence-electron chi connectivity index (χ1n) is 5.68. The molecule has 0 aromatic heterocycles. The third-order valence-corrected chi connectivity index (χ3v) is 3.19. The molecule has 0 bridgehead atoms. The number of rotatable bonds is 2. The van der Waals surface area contributed by atoms with E-state index >= 15 is 0 Å². The summed E-state index contributed by atoms with van der Waals surface area (Å²) in [6, 6.07) is 0.0736. The summed E-state index contributed by atoms with van der Waals surface area (Å²) < 4.78 is 0. The highest BCUT2D eigenvalue weighted by molar-refractivity contribution is 5.78. The molecule has 0 spiro atoms. The van der Waals surface area contributed by atoms with E-state index in [4.69, 9.17) is 5.73 Å². The minimum atomic E-state index is -0.339. The van der Waals surface area contributed by atoms with Crippen LogP contribution in [-0.4, -0.2) is 39.8 Å². The Hall–Kier alpha value is -0.650. The van der Waals surface area contributed by atoms with Crippen LogP contribution >= 0.6 is 0 Å². The number of nitrogens with zero attached hydrogens (tertiary/aromatic N) is 1. The lowest BCUT2D eigenvalue weighted by atomic mass is 9.79. The molecule has 5 nitrogen and oxygen atoms in total. The molecule has 0 atom stereocenters. The van der Waals surface area contributed by atoms with E-state index in [0.717, 1.165) is 12.8 Å². The lowest BCUT2D eigenvalue weighted by molar-refractivity contribution is -0.246. The molecule has 0 aliphatic carbocycles. The largest absolute Gasteiger partial charge is 0.352 e. The summed E-state index contributed by atoms with van der Waals surface area (Å²) >= 11 is 0. The van der Waals surface area contributed by atoms with Gasteiger partial charge < -0.3 is 16.3 Å². The monoisotopic (exact) mass is 229 g/mol. The molecule has 1 aliphatic rings. The molecule has 1 rings (SSSR count). The highest BCUT2D eigenvalue weighted by Crippen LogP contribution is 2.36. The predicted octanol–water partition coefficient (Wildman–Crippen LogP) is 0.472. The molecule has 4 N–H and O–H groups in total. The van der Waals surface area contributed by atoms with Crippen molar-refractivity contribution in [1.82, 2.24) is 10.4 Å². The van der Waals surface area contributed by atoms with Crippen LogP contribution in [0.2, 0.25) is 0 Å². The van der Waals surface area contributed by atoms with Gasteiger partial charge in [-0.1, -0.05) is 0 Å². The van der Waals surface area contributed by atoms with Crippen molar-refractivity contribution < 1.29 is 10.0 Å². The summed E-state index contributed by atoms with van der Waals surface area (Å²) in [5, 5.41) is 14.4. The maximum absolute atomic E-state index is 11.3. The molecule has 0 aromatic carbocycles. The van der Waals surface area contributed by atoms with E-state index in [1.807, 2.05) is 27.7 Å². The van der Waals surface area contributed by atoms with Gasteiger partial charge in [-0.25, -0.2) is 0 Å². The summed E-state index contributed by atoms with van der Waals surface area (Å²) in [4.78, 5) is 11.3. The number of piperidine rings is 1. The van der Waals surface area contributed by atoms with Gasteiger partial charge in [0.1, 0.15) is 0 Å². The van der Waals surface area contributed by atoms with Gasteiger partial charge in [-0.05, 0) is 40.5 Å². The minimum absolute atomic E-state index is 0.0141. The summed E-state index contributed by atoms with van der Waals surface area (Å²) in [5.41, 5.74) is 4.60. The lowest BCUT2D eigenvalue weighted by Gasteiger charge is -2.51. The van der Waals surface area contributed by atoms with Gasteiger partial charge in [0.2, 0.25) is 5.91 Å². The molecule has 0 saturated carbocycles. The molecule has 94 valence electrons. The van der Waals surface area contributed by atoms with Crippen LogP contribution in [0.15, 0.2) is 0 Å². The Morgan fingerprint density at radius 1 is 1.38 bits per heavy atom. The average molecular weight is 229 g/mol. The van der Waals surface area contributed by atoms with Crippen molar-refractivity contribution in [2.45, 2.75) is 57.7 Å². The van der Waals surface area contributed by atoms with Gasteiger partial charge in [0.05, 0.1) is 6.54 Å². The number of amides is 1. The third kappa shape index (κ3) is 2.72. The van der Waals surface area contributed by atoms with Crippen LogP contribution in [0.5, 0.6) is 0 Å². The Bertz CT molecular complexity index is 258. The number of nitrogens with one attached hydrogen (secondary N) is 1. The summed E-state index contributed by atoms with van der Waals surface area (Å²) in [6.07, 6.45) is 1.44. The zero-order valence-electron chi connectivity index (χ0n) is 10.6. The topological polar surface area (TPSA) is 78.6 Å². The van der Waals surface area contributed by atoms with Gasteiger partial charge in [0.15, 0.2) is 0 Å². The fourth-order valence-corrected chi connectivity index (χ4v) is 2.66. The Morgan fingerprint density at radius 3 is 2.19 bits per heavy atom. The van der Waals surface area contributed by atoms with Crippen LogP contribution in [0.4, 0.5) is 0 Å². The van der Waals surface area contributed by atoms with Gasteiger partial charge in [-0.15, -0.1) is 0 Å². The van der Waals surface area contributed by atoms with Crippen LogP contribution in [0.25, 0.3) is 0 Å². The molecule has 0 unspecified atom stereocenters. The fourth-order valence-electron chi connectivity index (χ4n) is 2.66. The molecule has 1 aliphatic heterocycles. The molecular weight excluding hydrogens is 206 g/mol. The minimum Gasteiger partial charge on any atom is -0.352 e. The van der Waals surface area contributed by atoms with Crippen molar-refractivity contribution in [3.8, 4) is 0 Å². The highest BCUT2D eigenvalue weighted by Gasteiger charge is 2.45. The number of carbonyl (C=O) groups excluding carboxylic acids is 1. The standard InChI is InChI=1S/C11H23N3O2/c1-10(2)5-8(13-9(15)7-12)6-11(3,4)14(10)16/h8,16H,5-7,12H2,1-4H3,(H,13,15). The van der Waals surface area contributed by atoms with Crippen molar-refractivity contribution in [1.29, 1.82) is 0 Å². The van der Waals surface area contributed by atoms with E-state index < -0.39 is 0 Å². The van der Waals surface area contributed by atoms with E-state index in [0.29, 0.717) is 0 Å². The molecule has 5 heteroatoms. The van der Waals surface area contributed by atoms with Crippen LogP contribution in [0.3, 0.4) is 0 Å². The predicted molar refractivity (Wildman–Crippen MR) is 62.0 cm³/mol. The van der Waals surface area contributed by atoms with Gasteiger partial charge in [0.25, 0.3) is 0 Å². The number of nitrogens with two attached hydrogens (primary N) is 1. The Labute approximate surface area is 96.9 Å². The maximum Gasteiger partial charge on any atom is 0.233 e. The summed E-state index contributed by atoms with van der Waals surface area (Å²) in [5.74, 6) is -0.136. The average Bonchev–Trinajstić information content (AvgIpc) is 2.13. The SMILES string of the molecule is CC1(C)CC(NC(=O)CN)CC(C)(C)N1O. The maximum atomic E-state index is 11.3. The van der Waals surface area contributed by atoms with Gasteiger partial charge in [0, 0.05) is 17.1 Å². The molecule has 0 aromatic rings. The van der Waals surface area contributed by atoms with Gasteiger partial charge in [-0.3, -0.25) is 4.79 Å². The molecule has 1 heterocycles. The molecule has 0 radical (unpaired) electrons. The molecule has 1 amide bonds. The van der Waals surface area contributed by atoms with Gasteiger partial charge >= 0.3 is 0 Å². The Balaban J connectivity index is 2.75. The first-order chi connectivity index (χ1) is 7.19. The van der Waals surface area contributed by atoms with E-state index in [9.17, 15) is 10.0 Å². The number of hydrogen-bond donors (Lipinski definition) is 3. The van der Waals surface area contributed by atoms with E-state index in [1.54, 1.807) is 0 Å². The van der Waals surface area contributed by atoms with Crippen molar-refractivity contribution in [2.24, 2.45) is 5.73 Å². The number of hydrogen-bond acceptors (Lipinski definition) is 4. The molecule has 16 heavy (non-hydrogen) atoms. The fraction of sp³-hybridized carbons (Fsp3) is 0.909. The first kappa shape index (κ1) is 13.4. The second-order valence-electron chi connectivity index (χ2n) is 5.81. The van der Waals surface area contributed by atoms with Crippen LogP contribution < -0.4 is 11.1 Å². The van der Waals surface area contributed by atoms with Crippen molar-refractivity contribution in [3.63, 3.8) is 0 Å². The van der Waals surface area contributed by atoms with E-state index in [2.05, 4.69) is 5.32 Å². The lowest BCUT2D eigenvalue weighted by Crippen LogP contribution is -2.63. The first-order valence-corrected chi connectivity index (χ1v) is 5.68. The smallest absolute Gasteiger partial charge is 0.233 e. The highest BCUT2D eigenvalue weighted by atomic mass is 16.5. The molecule has 1 saturated heterocycles. The van der Waals surface area contributed by atoms with Crippen LogP contribution in [0.1, 0.15) is 40.5 Å². The molecule has 1 fully saturated rings. The second kappa shape index (κ2) is 4.31. The van der Waals surface area contributed by atoms with Gasteiger partial charge in [-0.2, -0.15) is 5.06 Å². The zero-order chi connectivity index (χ0) is 12.6. The summed E-state index contributed by atoms with van der Waals surface area (Å²) in [7, 11) is 0. The van der Waals surface area contributed by atoms with Crippen LogP contribution in [0, 0.1) is 0 Å². The summed E-state index contributed by atoms with van der Waals surface area (Å²) in [6.45, 7) is 7.89. The normalized spacial score (nSPS) is 25.4. The van der Waals surface area contributed by atoms with Crippen molar-refractivity contribution in [2.75, 3.05) is 6.54 Å². The Kier molecular flexibility index (Phi) is 3.62.